The number of hydrogen-bond acceptors (Lipinski definition) is 5. The third-order valence-corrected chi connectivity index (χ3v) is 4.26. The summed E-state index contributed by atoms with van der Waals surface area (Å²) in [4.78, 5) is 11.4. The number of sulfonamides is 1. The number of rotatable bonds is 5. The summed E-state index contributed by atoms with van der Waals surface area (Å²) in [7, 11) is -3.89. The molecule has 0 bridgehead atoms. The monoisotopic (exact) mass is 296 g/mol. The number of nitrogens with one attached hydrogen (secondary N) is 1. The van der Waals surface area contributed by atoms with E-state index < -0.39 is 22.0 Å². The standard InChI is InChI=1S/C13H16N2O4S/c1-4-19-13(16)10(3)15-20(17,18)12-7-11(8-14)6-5-9(12)2/h5-7,10,15H,4H2,1-3H3. The van der Waals surface area contributed by atoms with Crippen LogP contribution in [0.15, 0.2) is 23.1 Å². The van der Waals surface area contributed by atoms with Crippen molar-refractivity contribution in [2.75, 3.05) is 6.61 Å². The molecule has 1 unspecified atom stereocenters. The molecule has 1 rings (SSSR count). The number of esters is 1. The van der Waals surface area contributed by atoms with E-state index in [0.29, 0.717) is 5.56 Å². The Morgan fingerprint density at radius 1 is 1.50 bits per heavy atom. The summed E-state index contributed by atoms with van der Waals surface area (Å²) in [6.07, 6.45) is 0. The highest BCUT2D eigenvalue weighted by Gasteiger charge is 2.24. The molecule has 0 aromatic heterocycles. The molecule has 0 aliphatic heterocycles. The van der Waals surface area contributed by atoms with Gasteiger partial charge in [-0.3, -0.25) is 4.79 Å². The lowest BCUT2D eigenvalue weighted by molar-refractivity contribution is -0.144. The van der Waals surface area contributed by atoms with Crippen molar-refractivity contribution < 1.29 is 17.9 Å². The number of nitriles is 1. The van der Waals surface area contributed by atoms with Crippen molar-refractivity contribution in [1.29, 1.82) is 5.26 Å². The normalized spacial score (nSPS) is 12.5. The first-order chi connectivity index (χ1) is 9.31. The van der Waals surface area contributed by atoms with Crippen molar-refractivity contribution in [1.82, 2.24) is 4.72 Å². The second-order valence-corrected chi connectivity index (χ2v) is 5.87. The van der Waals surface area contributed by atoms with Crippen molar-refractivity contribution in [3.8, 4) is 6.07 Å². The predicted molar refractivity (Wildman–Crippen MR) is 72.3 cm³/mol. The van der Waals surface area contributed by atoms with E-state index in [1.54, 1.807) is 19.9 Å². The second kappa shape index (κ2) is 6.50. The van der Waals surface area contributed by atoms with Crippen LogP contribution >= 0.6 is 0 Å². The van der Waals surface area contributed by atoms with Gasteiger partial charge in [0.1, 0.15) is 6.04 Å². The smallest absolute Gasteiger partial charge is 0.323 e. The number of carbonyl (C=O) groups is 1. The molecule has 108 valence electrons. The molecule has 0 aliphatic rings. The Morgan fingerprint density at radius 2 is 2.15 bits per heavy atom. The molecule has 1 atom stereocenters. The van der Waals surface area contributed by atoms with E-state index >= 15 is 0 Å². The Kier molecular flexibility index (Phi) is 5.25. The molecule has 1 aromatic carbocycles. The molecule has 0 fully saturated rings. The predicted octanol–water partition coefficient (Wildman–Crippen LogP) is 1.10. The molecule has 0 radical (unpaired) electrons. The lowest BCUT2D eigenvalue weighted by Crippen LogP contribution is -2.39. The van der Waals surface area contributed by atoms with Crippen LogP contribution in [0.2, 0.25) is 0 Å². The van der Waals surface area contributed by atoms with Gasteiger partial charge in [-0.1, -0.05) is 6.07 Å². The van der Waals surface area contributed by atoms with Crippen LogP contribution in [-0.2, 0) is 19.6 Å². The molecular weight excluding hydrogens is 280 g/mol. The minimum absolute atomic E-state index is 0.0206. The zero-order valence-corrected chi connectivity index (χ0v) is 12.3. The number of hydrogen-bond donors (Lipinski definition) is 1. The van der Waals surface area contributed by atoms with Gasteiger partial charge in [0.05, 0.1) is 23.1 Å². The topological polar surface area (TPSA) is 96.3 Å². The van der Waals surface area contributed by atoms with Crippen LogP contribution in [0, 0.1) is 18.3 Å². The van der Waals surface area contributed by atoms with Gasteiger partial charge in [-0.2, -0.15) is 9.98 Å². The zero-order chi connectivity index (χ0) is 15.3. The van der Waals surface area contributed by atoms with Crippen molar-refractivity contribution in [3.05, 3.63) is 29.3 Å². The molecule has 0 aliphatic carbocycles. The molecule has 1 N–H and O–H groups in total. The Labute approximate surface area is 118 Å². The molecule has 1 aromatic rings. The van der Waals surface area contributed by atoms with E-state index in [1.165, 1.54) is 19.1 Å². The SMILES string of the molecule is CCOC(=O)C(C)NS(=O)(=O)c1cc(C#N)ccc1C. The highest BCUT2D eigenvalue weighted by molar-refractivity contribution is 7.89. The molecule has 0 amide bonds. The lowest BCUT2D eigenvalue weighted by Gasteiger charge is -2.14. The number of aryl methyl sites for hydroxylation is 1. The van der Waals surface area contributed by atoms with E-state index in [2.05, 4.69) is 4.72 Å². The maximum atomic E-state index is 12.2. The average Bonchev–Trinajstić information content (AvgIpc) is 2.38. The van der Waals surface area contributed by atoms with Gasteiger partial charge in [0.15, 0.2) is 0 Å². The second-order valence-electron chi connectivity index (χ2n) is 4.19. The molecule has 20 heavy (non-hydrogen) atoms. The maximum absolute atomic E-state index is 12.2. The molecular formula is C13H16N2O4S. The fraction of sp³-hybridized carbons (Fsp3) is 0.385. The summed E-state index contributed by atoms with van der Waals surface area (Å²) >= 11 is 0. The first kappa shape index (κ1) is 16.1. The highest BCUT2D eigenvalue weighted by atomic mass is 32.2. The van der Waals surface area contributed by atoms with Gasteiger partial charge in [0, 0.05) is 0 Å². The Balaban J connectivity index is 3.06. The van der Waals surface area contributed by atoms with Crippen molar-refractivity contribution in [2.24, 2.45) is 0 Å². The molecule has 0 saturated carbocycles. The summed E-state index contributed by atoms with van der Waals surface area (Å²) in [5, 5.41) is 8.82. The van der Waals surface area contributed by atoms with Crippen LogP contribution in [0.25, 0.3) is 0 Å². The Morgan fingerprint density at radius 3 is 2.70 bits per heavy atom. The number of carbonyl (C=O) groups excluding carboxylic acids is 1. The first-order valence-electron chi connectivity index (χ1n) is 6.01. The van der Waals surface area contributed by atoms with Gasteiger partial charge in [0.25, 0.3) is 0 Å². The van der Waals surface area contributed by atoms with Crippen LogP contribution < -0.4 is 4.72 Å². The van der Waals surface area contributed by atoms with Gasteiger partial charge < -0.3 is 4.74 Å². The molecule has 7 heteroatoms. The van der Waals surface area contributed by atoms with Gasteiger partial charge in [-0.15, -0.1) is 0 Å². The largest absolute Gasteiger partial charge is 0.465 e. The third-order valence-electron chi connectivity index (χ3n) is 2.58. The van der Waals surface area contributed by atoms with E-state index in [1.807, 2.05) is 6.07 Å². The van der Waals surface area contributed by atoms with Crippen LogP contribution in [0.4, 0.5) is 0 Å². The fourth-order valence-corrected chi connectivity index (χ4v) is 3.03. The molecule has 0 spiro atoms. The summed E-state index contributed by atoms with van der Waals surface area (Å²) < 4.78 is 31.4. The molecule has 0 heterocycles. The number of benzene rings is 1. The minimum Gasteiger partial charge on any atom is -0.465 e. The lowest BCUT2D eigenvalue weighted by atomic mass is 10.2. The third kappa shape index (κ3) is 3.79. The summed E-state index contributed by atoms with van der Waals surface area (Å²) in [5.74, 6) is -0.648. The summed E-state index contributed by atoms with van der Waals surface area (Å²) in [6, 6.07) is 5.23. The van der Waals surface area contributed by atoms with Crippen molar-refractivity contribution in [2.45, 2.75) is 31.7 Å². The number of ether oxygens (including phenoxy) is 1. The van der Waals surface area contributed by atoms with Crippen molar-refractivity contribution >= 4 is 16.0 Å². The Hall–Kier alpha value is -1.91. The van der Waals surface area contributed by atoms with E-state index in [-0.39, 0.29) is 17.1 Å². The van der Waals surface area contributed by atoms with Crippen LogP contribution in [0.1, 0.15) is 25.0 Å². The van der Waals surface area contributed by atoms with E-state index in [0.717, 1.165) is 0 Å². The van der Waals surface area contributed by atoms with Gasteiger partial charge in [-0.25, -0.2) is 8.42 Å². The fourth-order valence-electron chi connectivity index (χ4n) is 1.57. The van der Waals surface area contributed by atoms with Crippen LogP contribution in [0.3, 0.4) is 0 Å². The number of nitrogens with zero attached hydrogens (tertiary/aromatic N) is 1. The van der Waals surface area contributed by atoms with Gasteiger partial charge in [0.2, 0.25) is 10.0 Å². The summed E-state index contributed by atoms with van der Waals surface area (Å²) in [5.41, 5.74) is 0.729. The Bertz CT molecular complexity index is 647. The minimum atomic E-state index is -3.89. The molecule has 0 saturated heterocycles. The first-order valence-corrected chi connectivity index (χ1v) is 7.50. The maximum Gasteiger partial charge on any atom is 0.323 e. The van der Waals surface area contributed by atoms with Gasteiger partial charge in [-0.05, 0) is 38.5 Å². The van der Waals surface area contributed by atoms with Crippen LogP contribution in [-0.4, -0.2) is 27.0 Å². The van der Waals surface area contributed by atoms with E-state index in [4.69, 9.17) is 10.00 Å². The zero-order valence-electron chi connectivity index (χ0n) is 11.5. The van der Waals surface area contributed by atoms with Crippen molar-refractivity contribution in [3.63, 3.8) is 0 Å². The average molecular weight is 296 g/mol. The van der Waals surface area contributed by atoms with E-state index in [9.17, 15) is 13.2 Å². The summed E-state index contributed by atoms with van der Waals surface area (Å²) in [6.45, 7) is 4.83. The van der Waals surface area contributed by atoms with Gasteiger partial charge >= 0.3 is 5.97 Å². The van der Waals surface area contributed by atoms with Crippen LogP contribution in [0.5, 0.6) is 0 Å². The molecule has 6 nitrogen and oxygen atoms in total. The quantitative estimate of drug-likeness (QED) is 0.821. The highest BCUT2D eigenvalue weighted by Crippen LogP contribution is 2.17.